The van der Waals surface area contributed by atoms with Gasteiger partial charge in [0.05, 0.1) is 30.1 Å². The molecule has 48 heavy (non-hydrogen) atoms. The first-order chi connectivity index (χ1) is 22.8. The Hall–Kier alpha value is -3.50. The third-order valence-electron chi connectivity index (χ3n) is 6.82. The van der Waals surface area contributed by atoms with Crippen molar-refractivity contribution in [1.29, 1.82) is 0 Å². The zero-order valence-corrected chi connectivity index (χ0v) is 29.7. The summed E-state index contributed by atoms with van der Waals surface area (Å²) in [5.74, 6) is -6.74. The monoisotopic (exact) mass is 770 g/mol. The van der Waals surface area contributed by atoms with E-state index < -0.39 is 46.5 Å². The van der Waals surface area contributed by atoms with Gasteiger partial charge in [-0.05, 0) is 47.2 Å². The Labute approximate surface area is 305 Å². The summed E-state index contributed by atoms with van der Waals surface area (Å²) in [7, 11) is 0. The molecule has 0 amide bonds. The Morgan fingerprint density at radius 2 is 0.812 bits per heavy atom. The highest BCUT2D eigenvalue weighted by atomic mass is 35.5. The maximum absolute atomic E-state index is 13.1. The Bertz CT molecular complexity index is 1740. The minimum atomic E-state index is -1.68. The molecule has 0 spiro atoms. The number of esters is 4. The van der Waals surface area contributed by atoms with Crippen LogP contribution < -0.4 is 9.47 Å². The second kappa shape index (κ2) is 16.7. The maximum Gasteiger partial charge on any atom is 0.423 e. The molecule has 0 unspecified atom stereocenters. The highest BCUT2D eigenvalue weighted by Gasteiger charge is 2.32. The normalized spacial score (nSPS) is 10.8. The van der Waals surface area contributed by atoms with E-state index in [4.69, 9.17) is 88.6 Å². The average molecular weight is 773 g/mol. The predicted octanol–water partition coefficient (Wildman–Crippen LogP) is 9.96. The van der Waals surface area contributed by atoms with E-state index in [1.807, 2.05) is 38.1 Å². The molecule has 0 aliphatic rings. The predicted molar refractivity (Wildman–Crippen MR) is 184 cm³/mol. The van der Waals surface area contributed by atoms with Crippen LogP contribution in [0, 0.1) is 0 Å². The number of hydrogen-bond donors (Lipinski definition) is 0. The second-order valence-corrected chi connectivity index (χ2v) is 12.4. The lowest BCUT2D eigenvalue weighted by Crippen LogP contribution is -2.27. The van der Waals surface area contributed by atoms with Gasteiger partial charge in [-0.15, -0.1) is 0 Å². The summed E-state index contributed by atoms with van der Waals surface area (Å²) in [4.78, 5) is 52.2. The summed E-state index contributed by atoms with van der Waals surface area (Å²) in [6, 6.07) is 16.8. The molecule has 0 saturated heterocycles. The zero-order chi connectivity index (χ0) is 35.1. The topological polar surface area (TPSA) is 105 Å². The van der Waals surface area contributed by atoms with Crippen molar-refractivity contribution in [3.63, 3.8) is 0 Å². The van der Waals surface area contributed by atoms with Crippen LogP contribution in [0.2, 0.25) is 30.1 Å². The summed E-state index contributed by atoms with van der Waals surface area (Å²) in [6.07, 6.45) is 1.65. The quantitative estimate of drug-likeness (QED) is 0.0679. The molecular weight excluding hydrogens is 749 g/mol. The van der Waals surface area contributed by atoms with Gasteiger partial charge in [0.1, 0.15) is 24.3 Å². The Morgan fingerprint density at radius 3 is 1.12 bits per heavy atom. The third-order valence-corrected chi connectivity index (χ3v) is 8.96. The van der Waals surface area contributed by atoms with Crippen LogP contribution in [0.3, 0.4) is 0 Å². The molecule has 0 atom stereocenters. The van der Waals surface area contributed by atoms with Crippen molar-refractivity contribution in [3.05, 3.63) is 124 Å². The molecule has 250 valence electrons. The van der Waals surface area contributed by atoms with E-state index in [-0.39, 0.29) is 43.3 Å². The van der Waals surface area contributed by atoms with E-state index in [0.717, 1.165) is 36.1 Å². The summed E-state index contributed by atoms with van der Waals surface area (Å²) in [5.41, 5.74) is 2.44. The number of benzene rings is 4. The molecule has 8 nitrogen and oxygen atoms in total. The van der Waals surface area contributed by atoms with Gasteiger partial charge in [0.2, 0.25) is 0 Å². The van der Waals surface area contributed by atoms with E-state index in [1.165, 1.54) is 0 Å². The highest BCUT2D eigenvalue weighted by molar-refractivity contribution is 6.47. The number of rotatable bonds is 10. The van der Waals surface area contributed by atoms with Gasteiger partial charge < -0.3 is 18.9 Å². The lowest BCUT2D eigenvalue weighted by Gasteiger charge is -2.16. The molecule has 4 aromatic rings. The van der Waals surface area contributed by atoms with E-state index in [9.17, 15) is 19.2 Å². The van der Waals surface area contributed by atoms with Gasteiger partial charge in [0.25, 0.3) is 0 Å². The Morgan fingerprint density at radius 1 is 0.500 bits per heavy atom. The smallest absolute Gasteiger partial charge is 0.423 e. The van der Waals surface area contributed by atoms with Crippen LogP contribution in [0.4, 0.5) is 0 Å². The Kier molecular flexibility index (Phi) is 13.0. The van der Waals surface area contributed by atoms with Gasteiger partial charge in [-0.3, -0.25) is 0 Å². The first kappa shape index (κ1) is 37.3. The standard InChI is InChI=1S/C34H24Cl6O8/c1-3-17-5-9-19(10-6-17)15-45-31(41)25-27(39)21(35)13-23(37)29(25)47-33(43)34(44)48-30-24(38)14-22(36)28(40)26(30)32(42)46-16-20-11-7-18(4-2)8-12-20/h5-14H,3-4,15-16H2,1-2H3. The third kappa shape index (κ3) is 8.94. The van der Waals surface area contributed by atoms with E-state index in [2.05, 4.69) is 0 Å². The van der Waals surface area contributed by atoms with Crippen molar-refractivity contribution in [2.24, 2.45) is 0 Å². The molecule has 0 aromatic heterocycles. The molecule has 14 heteroatoms. The summed E-state index contributed by atoms with van der Waals surface area (Å²) < 4.78 is 21.0. The SMILES string of the molecule is CCc1ccc(COC(=O)c2c(Cl)c(Cl)cc(Cl)c2OC(=O)C(=O)Oc2c(Cl)cc(Cl)c(Cl)c2C(=O)OCc2ccc(CC)cc2)cc1. The van der Waals surface area contributed by atoms with Crippen molar-refractivity contribution in [1.82, 2.24) is 0 Å². The first-order valence-corrected chi connectivity index (χ1v) is 16.4. The fraction of sp³-hybridized carbons (Fsp3) is 0.176. The first-order valence-electron chi connectivity index (χ1n) is 14.1. The van der Waals surface area contributed by atoms with E-state index in [1.54, 1.807) is 24.3 Å². The summed E-state index contributed by atoms with van der Waals surface area (Å²) in [5, 5.41) is -1.73. The molecule has 0 aliphatic carbocycles. The number of carbonyl (C=O) groups is 4. The van der Waals surface area contributed by atoms with Crippen LogP contribution in [0.25, 0.3) is 0 Å². The van der Waals surface area contributed by atoms with Crippen LogP contribution in [-0.4, -0.2) is 23.9 Å². The van der Waals surface area contributed by atoms with Crippen molar-refractivity contribution in [2.45, 2.75) is 39.9 Å². The highest BCUT2D eigenvalue weighted by Crippen LogP contribution is 2.42. The molecule has 0 fully saturated rings. The zero-order valence-electron chi connectivity index (χ0n) is 25.1. The van der Waals surface area contributed by atoms with Crippen LogP contribution in [0.15, 0.2) is 60.7 Å². The van der Waals surface area contributed by atoms with E-state index in [0.29, 0.717) is 11.1 Å². The van der Waals surface area contributed by atoms with Crippen molar-refractivity contribution < 1.29 is 38.1 Å². The molecule has 0 radical (unpaired) electrons. The van der Waals surface area contributed by atoms with Crippen molar-refractivity contribution >= 4 is 93.5 Å². The molecule has 4 aromatic carbocycles. The van der Waals surface area contributed by atoms with Crippen LogP contribution in [-0.2, 0) is 45.1 Å². The van der Waals surface area contributed by atoms with Gasteiger partial charge in [-0.2, -0.15) is 0 Å². The number of hydrogen-bond acceptors (Lipinski definition) is 8. The summed E-state index contributed by atoms with van der Waals surface area (Å²) in [6.45, 7) is 3.66. The number of carbonyl (C=O) groups excluding carboxylic acids is 4. The van der Waals surface area contributed by atoms with Crippen molar-refractivity contribution in [2.75, 3.05) is 0 Å². The molecular formula is C34H24Cl6O8. The second-order valence-electron chi connectivity index (χ2n) is 9.99. The molecule has 0 N–H and O–H groups in total. The minimum Gasteiger partial charge on any atom is -0.457 e. The molecule has 0 saturated carbocycles. The van der Waals surface area contributed by atoms with Gasteiger partial charge >= 0.3 is 23.9 Å². The number of halogens is 6. The van der Waals surface area contributed by atoms with Crippen molar-refractivity contribution in [3.8, 4) is 11.5 Å². The molecule has 0 bridgehead atoms. The number of aryl methyl sites for hydroxylation is 2. The number of ether oxygens (including phenoxy) is 4. The molecule has 4 rings (SSSR count). The fourth-order valence-electron chi connectivity index (χ4n) is 4.17. The largest absolute Gasteiger partial charge is 0.457 e. The fourth-order valence-corrected chi connectivity index (χ4v) is 5.61. The maximum atomic E-state index is 13.1. The van der Waals surface area contributed by atoms with Gasteiger partial charge in [-0.25, -0.2) is 19.2 Å². The molecule has 0 aliphatic heterocycles. The van der Waals surface area contributed by atoms with Gasteiger partial charge in [-0.1, -0.05) is 132 Å². The minimum absolute atomic E-state index is 0.157. The van der Waals surface area contributed by atoms with Gasteiger partial charge in [0.15, 0.2) is 11.5 Å². The average Bonchev–Trinajstić information content (AvgIpc) is 3.07. The summed E-state index contributed by atoms with van der Waals surface area (Å²) >= 11 is 37.3. The Balaban J connectivity index is 1.55. The van der Waals surface area contributed by atoms with Crippen LogP contribution in [0.5, 0.6) is 11.5 Å². The van der Waals surface area contributed by atoms with Gasteiger partial charge in [0, 0.05) is 0 Å². The van der Waals surface area contributed by atoms with E-state index >= 15 is 0 Å². The van der Waals surface area contributed by atoms with Crippen LogP contribution >= 0.6 is 69.6 Å². The lowest BCUT2D eigenvalue weighted by molar-refractivity contribution is -0.156. The lowest BCUT2D eigenvalue weighted by atomic mass is 10.1. The van der Waals surface area contributed by atoms with Crippen LogP contribution in [0.1, 0.15) is 56.8 Å². The molecule has 0 heterocycles.